The van der Waals surface area contributed by atoms with Crippen molar-refractivity contribution in [3.8, 4) is 0 Å². The van der Waals surface area contributed by atoms with Crippen LogP contribution in [0.3, 0.4) is 0 Å². The molecule has 2 nitrogen and oxygen atoms in total. The molecule has 34 heavy (non-hydrogen) atoms. The van der Waals surface area contributed by atoms with Crippen molar-refractivity contribution in [2.75, 3.05) is 0 Å². The van der Waals surface area contributed by atoms with Gasteiger partial charge in [-0.05, 0) is 72.3 Å². The first-order valence-corrected chi connectivity index (χ1v) is 13.9. The lowest BCUT2D eigenvalue weighted by molar-refractivity contribution is 0.112. The lowest BCUT2D eigenvalue weighted by Gasteiger charge is -2.05. The summed E-state index contributed by atoms with van der Waals surface area (Å²) in [4.78, 5) is 15.0. The number of hydrogen-bond acceptors (Lipinski definition) is 4. The van der Waals surface area contributed by atoms with Crippen LogP contribution in [0.5, 0.6) is 0 Å². The number of benzene rings is 4. The monoisotopic (exact) mass is 654 g/mol. The zero-order valence-electron chi connectivity index (χ0n) is 17.6. The normalized spacial score (nSPS) is 10.4. The van der Waals surface area contributed by atoms with E-state index in [1.807, 2.05) is 78.9 Å². The molecule has 0 fully saturated rings. The molecular weight excluding hydrogens is 639 g/mol. The minimum Gasteiger partial charge on any atom is -0.392 e. The van der Waals surface area contributed by atoms with Crippen molar-refractivity contribution in [2.24, 2.45) is 0 Å². The minimum absolute atomic E-state index is 0.0443. The first-order valence-electron chi connectivity index (χ1n) is 9.89. The van der Waals surface area contributed by atoms with Crippen molar-refractivity contribution in [2.45, 2.75) is 26.2 Å². The number of carbonyl (C=O) groups is 1. The van der Waals surface area contributed by atoms with Gasteiger partial charge in [0.2, 0.25) is 0 Å². The number of hydrogen-bond donors (Lipinski definition) is 1. The van der Waals surface area contributed by atoms with Crippen LogP contribution in [0.25, 0.3) is 0 Å². The number of carbonyl (C=O) groups excluding carboxylic acids is 1. The lowest BCUT2D eigenvalue weighted by atomic mass is 10.2. The fraction of sp³-hybridized carbons (Fsp3) is 0.0385. The molecule has 174 valence electrons. The van der Waals surface area contributed by atoms with Crippen LogP contribution in [0.1, 0.15) is 15.9 Å². The number of halogens is 4. The Kier molecular flexibility index (Phi) is 11.0. The second-order valence-corrected chi connectivity index (χ2v) is 11.7. The maximum atomic E-state index is 10.7. The van der Waals surface area contributed by atoms with Crippen LogP contribution >= 0.6 is 78.6 Å². The highest BCUT2D eigenvalue weighted by Gasteiger charge is 2.04. The Labute approximate surface area is 234 Å². The highest BCUT2D eigenvalue weighted by Crippen LogP contribution is 2.33. The summed E-state index contributed by atoms with van der Waals surface area (Å²) in [5, 5.41) is 10.5. The molecule has 0 saturated heterocycles. The van der Waals surface area contributed by atoms with E-state index in [1.165, 1.54) is 0 Å². The zero-order chi connectivity index (χ0) is 24.5. The van der Waals surface area contributed by atoms with E-state index >= 15 is 0 Å². The van der Waals surface area contributed by atoms with Crippen LogP contribution in [-0.2, 0) is 6.61 Å². The Bertz CT molecular complexity index is 1290. The summed E-state index contributed by atoms with van der Waals surface area (Å²) in [6.45, 7) is 0.0443. The maximum absolute atomic E-state index is 10.7. The maximum Gasteiger partial charge on any atom is 0.151 e. The van der Waals surface area contributed by atoms with E-state index in [1.54, 1.807) is 29.6 Å². The summed E-state index contributed by atoms with van der Waals surface area (Å²) < 4.78 is 1.73. The smallest absolute Gasteiger partial charge is 0.151 e. The third-order valence-electron chi connectivity index (χ3n) is 4.36. The number of aliphatic hydroxyl groups is 1. The average molecular weight is 657 g/mol. The summed E-state index contributed by atoms with van der Waals surface area (Å²) in [6.07, 6.45) is 0.831. The summed E-state index contributed by atoms with van der Waals surface area (Å²) in [6, 6.07) is 26.9. The van der Waals surface area contributed by atoms with Crippen molar-refractivity contribution in [1.29, 1.82) is 0 Å². The summed E-state index contributed by atoms with van der Waals surface area (Å²) in [5.41, 5.74) is 1.54. The molecule has 0 amide bonds. The van der Waals surface area contributed by atoms with E-state index < -0.39 is 0 Å². The van der Waals surface area contributed by atoms with Crippen molar-refractivity contribution < 1.29 is 9.90 Å². The Morgan fingerprint density at radius 1 is 0.706 bits per heavy atom. The molecule has 0 aliphatic rings. The molecule has 0 saturated carbocycles. The Hall–Kier alpha value is -1.25. The van der Waals surface area contributed by atoms with Gasteiger partial charge in [-0.25, -0.2) is 0 Å². The molecule has 0 atom stereocenters. The largest absolute Gasteiger partial charge is 0.392 e. The molecule has 0 aromatic heterocycles. The van der Waals surface area contributed by atoms with Gasteiger partial charge >= 0.3 is 0 Å². The molecule has 8 heteroatoms. The van der Waals surface area contributed by atoms with E-state index in [0.29, 0.717) is 5.56 Å². The van der Waals surface area contributed by atoms with Crippen LogP contribution in [0.4, 0.5) is 0 Å². The summed E-state index contributed by atoms with van der Waals surface area (Å²) in [5.74, 6) is 0. The third kappa shape index (κ3) is 8.45. The van der Waals surface area contributed by atoms with Gasteiger partial charge in [-0.1, -0.05) is 96.8 Å². The topological polar surface area (TPSA) is 37.3 Å². The van der Waals surface area contributed by atoms with Gasteiger partial charge in [0.05, 0.1) is 6.61 Å². The third-order valence-corrected chi connectivity index (χ3v) is 8.21. The molecule has 0 bridgehead atoms. The SMILES string of the molecule is O=Cc1ccc(Sc2cccc(Cl)c2)cc1Br.OCc1ccc(Sc2cccc(Cl)c2)cc1Br. The molecule has 4 rings (SSSR count). The quantitative estimate of drug-likeness (QED) is 0.210. The van der Waals surface area contributed by atoms with Crippen LogP contribution in [0.2, 0.25) is 10.0 Å². The van der Waals surface area contributed by atoms with Gasteiger partial charge in [0, 0.05) is 44.1 Å². The molecule has 0 radical (unpaired) electrons. The van der Waals surface area contributed by atoms with Gasteiger partial charge in [0.15, 0.2) is 6.29 Å². The second-order valence-electron chi connectivity index (χ2n) is 6.83. The van der Waals surface area contributed by atoms with Gasteiger partial charge in [-0.2, -0.15) is 0 Å². The average Bonchev–Trinajstić information content (AvgIpc) is 2.80. The van der Waals surface area contributed by atoms with Crippen LogP contribution in [0, 0.1) is 0 Å². The highest BCUT2D eigenvalue weighted by molar-refractivity contribution is 9.10. The van der Waals surface area contributed by atoms with E-state index in [-0.39, 0.29) is 6.61 Å². The van der Waals surface area contributed by atoms with Gasteiger partial charge < -0.3 is 5.11 Å². The standard InChI is InChI=1S/C13H10BrClOS.C13H8BrClOS/c2*14-13-7-12(5-4-9(13)8-16)17-11-3-1-2-10(15)6-11/h1-7,16H,8H2;1-8H. The molecule has 4 aromatic carbocycles. The second kappa shape index (κ2) is 13.7. The molecule has 0 aliphatic heterocycles. The molecule has 0 spiro atoms. The number of aldehydes is 1. The van der Waals surface area contributed by atoms with E-state index in [0.717, 1.165) is 50.4 Å². The highest BCUT2D eigenvalue weighted by atomic mass is 79.9. The van der Waals surface area contributed by atoms with Gasteiger partial charge in [0.25, 0.3) is 0 Å². The van der Waals surface area contributed by atoms with Gasteiger partial charge in [-0.3, -0.25) is 4.79 Å². The summed E-state index contributed by atoms with van der Waals surface area (Å²) in [7, 11) is 0. The number of aliphatic hydroxyl groups excluding tert-OH is 1. The predicted molar refractivity (Wildman–Crippen MR) is 151 cm³/mol. The molecule has 0 heterocycles. The predicted octanol–water partition coefficient (Wildman–Crippen LogP) is 9.81. The van der Waals surface area contributed by atoms with Gasteiger partial charge in [0.1, 0.15) is 0 Å². The van der Waals surface area contributed by atoms with Crippen molar-refractivity contribution in [3.05, 3.63) is 115 Å². The van der Waals surface area contributed by atoms with Crippen molar-refractivity contribution in [1.82, 2.24) is 0 Å². The Morgan fingerprint density at radius 2 is 1.21 bits per heavy atom. The minimum atomic E-state index is 0.0443. The summed E-state index contributed by atoms with van der Waals surface area (Å²) >= 11 is 21.9. The van der Waals surface area contributed by atoms with Crippen molar-refractivity contribution >= 4 is 84.9 Å². The van der Waals surface area contributed by atoms with Crippen molar-refractivity contribution in [3.63, 3.8) is 0 Å². The van der Waals surface area contributed by atoms with E-state index in [9.17, 15) is 4.79 Å². The molecule has 0 aliphatic carbocycles. The van der Waals surface area contributed by atoms with E-state index in [2.05, 4.69) is 31.9 Å². The molecule has 4 aromatic rings. The molecule has 0 unspecified atom stereocenters. The van der Waals surface area contributed by atoms with E-state index in [4.69, 9.17) is 28.3 Å². The fourth-order valence-corrected chi connectivity index (χ4v) is 6.34. The number of rotatable bonds is 6. The van der Waals surface area contributed by atoms with Crippen LogP contribution in [-0.4, -0.2) is 11.4 Å². The lowest BCUT2D eigenvalue weighted by Crippen LogP contribution is -1.85. The first-order chi connectivity index (χ1) is 16.4. The van der Waals surface area contributed by atoms with Crippen LogP contribution in [0.15, 0.2) is 113 Å². The van der Waals surface area contributed by atoms with Crippen LogP contribution < -0.4 is 0 Å². The Morgan fingerprint density at radius 3 is 1.65 bits per heavy atom. The zero-order valence-corrected chi connectivity index (χ0v) is 23.9. The Balaban J connectivity index is 0.000000191. The fourth-order valence-electron chi connectivity index (χ4n) is 2.72. The first kappa shape index (κ1) is 27.3. The molecular formula is C26H18Br2Cl2O2S2. The molecule has 1 N–H and O–H groups in total. The van der Waals surface area contributed by atoms with Gasteiger partial charge in [-0.15, -0.1) is 0 Å².